The zero-order valence-electron chi connectivity index (χ0n) is 6.46. The number of halogens is 2. The van der Waals surface area contributed by atoms with Crippen molar-refractivity contribution in [1.29, 1.82) is 0 Å². The lowest BCUT2D eigenvalue weighted by Gasteiger charge is -2.01. The molecule has 2 aromatic rings. The Morgan fingerprint density at radius 3 is 2.85 bits per heavy atom. The minimum atomic E-state index is -0.404. The van der Waals surface area contributed by atoms with E-state index in [0.717, 1.165) is 0 Å². The summed E-state index contributed by atoms with van der Waals surface area (Å²) >= 11 is 3.17. The first kappa shape index (κ1) is 8.37. The van der Waals surface area contributed by atoms with E-state index in [1.807, 2.05) is 0 Å². The number of anilines is 1. The summed E-state index contributed by atoms with van der Waals surface area (Å²) in [6, 6.07) is 3.03. The lowest BCUT2D eigenvalue weighted by Crippen LogP contribution is -1.94. The average Bonchev–Trinajstić information content (AvgIpc) is 2.07. The molecule has 5 heteroatoms. The molecule has 0 aliphatic heterocycles. The van der Waals surface area contributed by atoms with Crippen LogP contribution in [0.3, 0.4) is 0 Å². The van der Waals surface area contributed by atoms with Crippen LogP contribution in [0.15, 0.2) is 22.9 Å². The molecule has 0 aliphatic rings. The van der Waals surface area contributed by atoms with Crippen molar-refractivity contribution in [3.8, 4) is 0 Å². The van der Waals surface area contributed by atoms with Gasteiger partial charge in [0.15, 0.2) is 5.82 Å². The first-order chi connectivity index (χ1) is 6.18. The molecule has 13 heavy (non-hydrogen) atoms. The van der Waals surface area contributed by atoms with E-state index in [1.54, 1.807) is 6.07 Å². The van der Waals surface area contributed by atoms with E-state index in [-0.39, 0.29) is 11.3 Å². The van der Waals surface area contributed by atoms with Gasteiger partial charge in [-0.1, -0.05) is 15.9 Å². The smallest absolute Gasteiger partial charge is 0.150 e. The molecule has 0 aliphatic carbocycles. The predicted molar refractivity (Wildman–Crippen MR) is 51.6 cm³/mol. The number of hydrogen-bond acceptors (Lipinski definition) is 3. The summed E-state index contributed by atoms with van der Waals surface area (Å²) in [4.78, 5) is 7.56. The van der Waals surface area contributed by atoms with Crippen molar-refractivity contribution in [2.75, 3.05) is 5.73 Å². The molecule has 0 saturated carbocycles. The number of nitrogens with two attached hydrogens (primary N) is 1. The van der Waals surface area contributed by atoms with Crippen LogP contribution in [0.2, 0.25) is 0 Å². The number of nitrogens with zero attached hydrogens (tertiary/aromatic N) is 2. The van der Waals surface area contributed by atoms with Crippen LogP contribution in [0.4, 0.5) is 10.2 Å². The number of fused-ring (bicyclic) bond motifs is 1. The molecule has 0 saturated heterocycles. The SMILES string of the molecule is Nc1ncnc2c(F)cc(Br)cc12. The molecule has 0 bridgehead atoms. The van der Waals surface area contributed by atoms with Gasteiger partial charge in [0, 0.05) is 9.86 Å². The second-order valence-corrected chi connectivity index (χ2v) is 3.46. The van der Waals surface area contributed by atoms with E-state index < -0.39 is 5.82 Å². The van der Waals surface area contributed by atoms with Crippen molar-refractivity contribution in [3.63, 3.8) is 0 Å². The van der Waals surface area contributed by atoms with Crippen molar-refractivity contribution < 1.29 is 4.39 Å². The van der Waals surface area contributed by atoms with E-state index in [9.17, 15) is 4.39 Å². The summed E-state index contributed by atoms with van der Waals surface area (Å²) in [7, 11) is 0. The molecule has 0 amide bonds. The van der Waals surface area contributed by atoms with Crippen molar-refractivity contribution in [3.05, 3.63) is 28.7 Å². The van der Waals surface area contributed by atoms with Gasteiger partial charge in [0.25, 0.3) is 0 Å². The number of hydrogen-bond donors (Lipinski definition) is 1. The first-order valence-electron chi connectivity index (χ1n) is 3.53. The largest absolute Gasteiger partial charge is 0.383 e. The summed E-state index contributed by atoms with van der Waals surface area (Å²) in [5.41, 5.74) is 5.80. The summed E-state index contributed by atoms with van der Waals surface area (Å²) in [6.45, 7) is 0. The van der Waals surface area contributed by atoms with Crippen LogP contribution in [0, 0.1) is 5.82 Å². The zero-order chi connectivity index (χ0) is 9.42. The highest BCUT2D eigenvalue weighted by Crippen LogP contribution is 2.24. The van der Waals surface area contributed by atoms with Crippen LogP contribution in [0.25, 0.3) is 10.9 Å². The Morgan fingerprint density at radius 1 is 1.31 bits per heavy atom. The van der Waals surface area contributed by atoms with Crippen molar-refractivity contribution >= 4 is 32.7 Å². The third kappa shape index (κ3) is 1.35. The highest BCUT2D eigenvalue weighted by molar-refractivity contribution is 9.10. The maximum Gasteiger partial charge on any atom is 0.150 e. The standard InChI is InChI=1S/C8H5BrFN3/c9-4-1-5-7(6(10)2-4)12-3-13-8(5)11/h1-3H,(H2,11,12,13). The van der Waals surface area contributed by atoms with Gasteiger partial charge < -0.3 is 5.73 Å². The second kappa shape index (κ2) is 2.92. The second-order valence-electron chi connectivity index (χ2n) is 2.54. The molecule has 0 spiro atoms. The Balaban J connectivity index is 2.94. The highest BCUT2D eigenvalue weighted by Gasteiger charge is 2.06. The van der Waals surface area contributed by atoms with E-state index >= 15 is 0 Å². The highest BCUT2D eigenvalue weighted by atomic mass is 79.9. The van der Waals surface area contributed by atoms with E-state index in [0.29, 0.717) is 9.86 Å². The molecule has 66 valence electrons. The topological polar surface area (TPSA) is 51.8 Å². The fourth-order valence-corrected chi connectivity index (χ4v) is 1.54. The van der Waals surface area contributed by atoms with Gasteiger partial charge in [-0.3, -0.25) is 0 Å². The van der Waals surface area contributed by atoms with E-state index in [2.05, 4.69) is 25.9 Å². The van der Waals surface area contributed by atoms with Crippen LogP contribution >= 0.6 is 15.9 Å². The van der Waals surface area contributed by atoms with Crippen LogP contribution < -0.4 is 5.73 Å². The van der Waals surface area contributed by atoms with Crippen LogP contribution in [0.1, 0.15) is 0 Å². The van der Waals surface area contributed by atoms with Crippen LogP contribution in [0.5, 0.6) is 0 Å². The molecule has 1 heterocycles. The molecule has 3 nitrogen and oxygen atoms in total. The number of rotatable bonds is 0. The molecular weight excluding hydrogens is 237 g/mol. The lowest BCUT2D eigenvalue weighted by atomic mass is 10.2. The van der Waals surface area contributed by atoms with Crippen molar-refractivity contribution in [2.24, 2.45) is 0 Å². The Bertz CT molecular complexity index is 472. The summed E-state index contributed by atoms with van der Waals surface area (Å²) in [5, 5.41) is 0.523. The van der Waals surface area contributed by atoms with Gasteiger partial charge in [-0.15, -0.1) is 0 Å². The molecular formula is C8H5BrFN3. The molecule has 0 fully saturated rings. The van der Waals surface area contributed by atoms with Gasteiger partial charge in [0.2, 0.25) is 0 Å². The number of aromatic nitrogens is 2. The quantitative estimate of drug-likeness (QED) is 0.769. The maximum absolute atomic E-state index is 13.3. The molecule has 2 rings (SSSR count). The molecule has 0 atom stereocenters. The molecule has 1 aromatic heterocycles. The summed E-state index contributed by atoms with van der Waals surface area (Å²) in [6.07, 6.45) is 1.24. The van der Waals surface area contributed by atoms with Gasteiger partial charge in [0.1, 0.15) is 17.7 Å². The van der Waals surface area contributed by atoms with Gasteiger partial charge in [-0.05, 0) is 12.1 Å². The Labute approximate surface area is 81.9 Å². The minimum Gasteiger partial charge on any atom is -0.383 e. The Hall–Kier alpha value is -1.23. The number of benzene rings is 1. The fourth-order valence-electron chi connectivity index (χ4n) is 1.11. The average molecular weight is 242 g/mol. The van der Waals surface area contributed by atoms with E-state index in [4.69, 9.17) is 5.73 Å². The first-order valence-corrected chi connectivity index (χ1v) is 4.33. The minimum absolute atomic E-state index is 0.246. The Kier molecular flexibility index (Phi) is 1.88. The van der Waals surface area contributed by atoms with Crippen molar-refractivity contribution in [2.45, 2.75) is 0 Å². The lowest BCUT2D eigenvalue weighted by molar-refractivity contribution is 0.635. The Morgan fingerprint density at radius 2 is 2.08 bits per heavy atom. The third-order valence-electron chi connectivity index (χ3n) is 1.69. The summed E-state index contributed by atoms with van der Waals surface area (Å²) in [5.74, 6) is -0.122. The normalized spacial score (nSPS) is 10.6. The molecule has 2 N–H and O–H groups in total. The molecule has 1 aromatic carbocycles. The monoisotopic (exact) mass is 241 g/mol. The van der Waals surface area contributed by atoms with Gasteiger partial charge in [-0.25, -0.2) is 14.4 Å². The molecule has 0 unspecified atom stereocenters. The van der Waals surface area contributed by atoms with Gasteiger partial charge in [0.05, 0.1) is 0 Å². The van der Waals surface area contributed by atoms with Crippen LogP contribution in [-0.4, -0.2) is 9.97 Å². The van der Waals surface area contributed by atoms with E-state index in [1.165, 1.54) is 12.4 Å². The van der Waals surface area contributed by atoms with Gasteiger partial charge in [-0.2, -0.15) is 0 Å². The number of nitrogen functional groups attached to an aromatic ring is 1. The maximum atomic E-state index is 13.3. The summed E-state index contributed by atoms with van der Waals surface area (Å²) < 4.78 is 13.9. The predicted octanol–water partition coefficient (Wildman–Crippen LogP) is 2.11. The van der Waals surface area contributed by atoms with Crippen molar-refractivity contribution in [1.82, 2.24) is 9.97 Å². The molecule has 0 radical (unpaired) electrons. The zero-order valence-corrected chi connectivity index (χ0v) is 8.05. The fraction of sp³-hybridized carbons (Fsp3) is 0. The van der Waals surface area contributed by atoms with Gasteiger partial charge >= 0.3 is 0 Å². The van der Waals surface area contributed by atoms with Crippen LogP contribution in [-0.2, 0) is 0 Å². The third-order valence-corrected chi connectivity index (χ3v) is 2.15.